The molecule has 0 aromatic carbocycles. The molecule has 5 nitrogen and oxygen atoms in total. The summed E-state index contributed by atoms with van der Waals surface area (Å²) >= 11 is 0.990. The fourth-order valence-electron chi connectivity index (χ4n) is 1.79. The van der Waals surface area contributed by atoms with Crippen molar-refractivity contribution in [1.29, 1.82) is 0 Å². The van der Waals surface area contributed by atoms with Crippen LogP contribution in [0.25, 0.3) is 0 Å². The number of rotatable bonds is 2. The minimum absolute atomic E-state index is 0.144. The molecule has 0 spiro atoms. The highest BCUT2D eigenvalue weighted by atomic mass is 32.1. The molecule has 0 saturated carbocycles. The van der Waals surface area contributed by atoms with Gasteiger partial charge in [-0.2, -0.15) is 0 Å². The van der Waals surface area contributed by atoms with E-state index in [1.165, 1.54) is 6.07 Å². The minimum atomic E-state index is -1.01. The van der Waals surface area contributed by atoms with Crippen molar-refractivity contribution in [1.82, 2.24) is 4.90 Å². The first-order chi connectivity index (χ1) is 8.08. The minimum Gasteiger partial charge on any atom is -0.477 e. The van der Waals surface area contributed by atoms with Crippen LogP contribution in [0.2, 0.25) is 0 Å². The van der Waals surface area contributed by atoms with Crippen LogP contribution in [0.4, 0.5) is 0 Å². The van der Waals surface area contributed by atoms with Crippen LogP contribution in [-0.2, 0) is 0 Å². The van der Waals surface area contributed by atoms with Crippen LogP contribution >= 0.6 is 11.3 Å². The third-order valence-corrected chi connectivity index (χ3v) is 3.84. The molecule has 6 heteroatoms. The van der Waals surface area contributed by atoms with Gasteiger partial charge in [-0.15, -0.1) is 11.3 Å². The SMILES string of the molecule is O=C(O)c1ccc(C(=O)N2CCC(O)CC2)s1. The van der Waals surface area contributed by atoms with Crippen molar-refractivity contribution >= 4 is 23.2 Å². The lowest BCUT2D eigenvalue weighted by Crippen LogP contribution is -2.39. The number of carbonyl (C=O) groups excluding carboxylic acids is 1. The Morgan fingerprint density at radius 3 is 2.35 bits per heavy atom. The molecule has 1 saturated heterocycles. The summed E-state index contributed by atoms with van der Waals surface area (Å²) in [4.78, 5) is 25.0. The molecule has 0 atom stereocenters. The van der Waals surface area contributed by atoms with Gasteiger partial charge in [0.1, 0.15) is 4.88 Å². The number of aliphatic hydroxyl groups is 1. The van der Waals surface area contributed by atoms with E-state index in [1.807, 2.05) is 0 Å². The van der Waals surface area contributed by atoms with Gasteiger partial charge in [-0.25, -0.2) is 4.79 Å². The van der Waals surface area contributed by atoms with Crippen LogP contribution in [0, 0.1) is 0 Å². The molecule has 0 unspecified atom stereocenters. The maximum absolute atomic E-state index is 12.0. The van der Waals surface area contributed by atoms with Gasteiger partial charge < -0.3 is 15.1 Å². The van der Waals surface area contributed by atoms with Gasteiger partial charge in [0.25, 0.3) is 5.91 Å². The molecule has 2 heterocycles. The molecule has 1 fully saturated rings. The summed E-state index contributed by atoms with van der Waals surface area (Å²) in [5.41, 5.74) is 0. The Kier molecular flexibility index (Phi) is 3.44. The Morgan fingerprint density at radius 1 is 1.24 bits per heavy atom. The zero-order chi connectivity index (χ0) is 12.4. The molecule has 92 valence electrons. The van der Waals surface area contributed by atoms with Crippen molar-refractivity contribution in [2.45, 2.75) is 18.9 Å². The lowest BCUT2D eigenvalue weighted by molar-refractivity contribution is 0.0550. The summed E-state index contributed by atoms with van der Waals surface area (Å²) in [6.07, 6.45) is 0.850. The summed E-state index contributed by atoms with van der Waals surface area (Å²) in [6, 6.07) is 2.99. The third kappa shape index (κ3) is 2.65. The number of hydrogen-bond donors (Lipinski definition) is 2. The Bertz CT molecular complexity index is 434. The number of hydrogen-bond acceptors (Lipinski definition) is 4. The van der Waals surface area contributed by atoms with Gasteiger partial charge in [0, 0.05) is 13.1 Å². The van der Waals surface area contributed by atoms with Crippen LogP contribution in [-0.4, -0.2) is 46.2 Å². The fourth-order valence-corrected chi connectivity index (χ4v) is 2.61. The van der Waals surface area contributed by atoms with Gasteiger partial charge in [-0.3, -0.25) is 4.79 Å². The first-order valence-corrected chi connectivity index (χ1v) is 6.20. The zero-order valence-electron chi connectivity index (χ0n) is 9.13. The van der Waals surface area contributed by atoms with Crippen LogP contribution in [0.1, 0.15) is 32.2 Å². The van der Waals surface area contributed by atoms with E-state index >= 15 is 0 Å². The largest absolute Gasteiger partial charge is 0.477 e. The number of amides is 1. The first kappa shape index (κ1) is 12.1. The molecular formula is C11H13NO4S. The molecular weight excluding hydrogens is 242 g/mol. The second-order valence-electron chi connectivity index (χ2n) is 3.99. The molecule has 1 aromatic heterocycles. The van der Waals surface area contributed by atoms with E-state index in [0.717, 1.165) is 11.3 Å². The summed E-state index contributed by atoms with van der Waals surface area (Å²) in [6.45, 7) is 1.06. The predicted molar refractivity (Wildman–Crippen MR) is 62.4 cm³/mol. The van der Waals surface area contributed by atoms with Gasteiger partial charge in [0.05, 0.1) is 11.0 Å². The maximum Gasteiger partial charge on any atom is 0.345 e. The maximum atomic E-state index is 12.0. The number of thiophene rings is 1. The molecule has 2 N–H and O–H groups in total. The summed E-state index contributed by atoms with van der Waals surface area (Å²) in [7, 11) is 0. The molecule has 0 radical (unpaired) electrons. The van der Waals surface area contributed by atoms with E-state index in [-0.39, 0.29) is 16.9 Å². The van der Waals surface area contributed by atoms with Crippen molar-refractivity contribution < 1.29 is 19.8 Å². The average molecular weight is 255 g/mol. The summed E-state index contributed by atoms with van der Waals surface area (Å²) in [5, 5.41) is 18.1. The van der Waals surface area contributed by atoms with Crippen molar-refractivity contribution in [2.24, 2.45) is 0 Å². The molecule has 1 aliphatic heterocycles. The Hall–Kier alpha value is -1.40. The fraction of sp³-hybridized carbons (Fsp3) is 0.455. The highest BCUT2D eigenvalue weighted by Crippen LogP contribution is 2.20. The number of likely N-dealkylation sites (tertiary alicyclic amines) is 1. The van der Waals surface area contributed by atoms with Gasteiger partial charge in [-0.05, 0) is 25.0 Å². The quantitative estimate of drug-likeness (QED) is 0.827. The van der Waals surface area contributed by atoms with Crippen molar-refractivity contribution in [3.05, 3.63) is 21.9 Å². The topological polar surface area (TPSA) is 77.8 Å². The van der Waals surface area contributed by atoms with E-state index in [0.29, 0.717) is 30.8 Å². The number of nitrogens with zero attached hydrogens (tertiary/aromatic N) is 1. The van der Waals surface area contributed by atoms with Crippen LogP contribution < -0.4 is 0 Å². The molecule has 1 aliphatic rings. The van der Waals surface area contributed by atoms with Gasteiger partial charge >= 0.3 is 5.97 Å². The van der Waals surface area contributed by atoms with Crippen molar-refractivity contribution in [3.8, 4) is 0 Å². The Morgan fingerprint density at radius 2 is 1.82 bits per heavy atom. The van der Waals surface area contributed by atoms with E-state index in [9.17, 15) is 14.7 Å². The molecule has 17 heavy (non-hydrogen) atoms. The summed E-state index contributed by atoms with van der Waals surface area (Å²) < 4.78 is 0. The second kappa shape index (κ2) is 4.85. The lowest BCUT2D eigenvalue weighted by atomic mass is 10.1. The van der Waals surface area contributed by atoms with Gasteiger partial charge in [0.2, 0.25) is 0 Å². The number of carboxylic acids is 1. The van der Waals surface area contributed by atoms with E-state index < -0.39 is 5.97 Å². The Balaban J connectivity index is 2.06. The highest BCUT2D eigenvalue weighted by molar-refractivity contribution is 7.15. The zero-order valence-corrected chi connectivity index (χ0v) is 9.94. The first-order valence-electron chi connectivity index (χ1n) is 5.38. The highest BCUT2D eigenvalue weighted by Gasteiger charge is 2.23. The number of aliphatic hydroxyl groups excluding tert-OH is 1. The number of carboxylic acid groups (broad SMARTS) is 1. The monoisotopic (exact) mass is 255 g/mol. The van der Waals surface area contributed by atoms with E-state index in [2.05, 4.69) is 0 Å². The van der Waals surface area contributed by atoms with Crippen molar-refractivity contribution in [3.63, 3.8) is 0 Å². The molecule has 1 aromatic rings. The number of carbonyl (C=O) groups is 2. The van der Waals surface area contributed by atoms with Crippen LogP contribution in [0.3, 0.4) is 0 Å². The summed E-state index contributed by atoms with van der Waals surface area (Å²) in [5.74, 6) is -1.16. The average Bonchev–Trinajstić information content (AvgIpc) is 2.78. The van der Waals surface area contributed by atoms with Crippen LogP contribution in [0.5, 0.6) is 0 Å². The Labute approximate surface area is 102 Å². The number of aromatic carboxylic acids is 1. The van der Waals surface area contributed by atoms with Crippen molar-refractivity contribution in [2.75, 3.05) is 13.1 Å². The second-order valence-corrected chi connectivity index (χ2v) is 5.08. The molecule has 0 aliphatic carbocycles. The smallest absolute Gasteiger partial charge is 0.345 e. The van der Waals surface area contributed by atoms with Gasteiger partial charge in [0.15, 0.2) is 0 Å². The standard InChI is InChI=1S/C11H13NO4S/c13-7-3-5-12(6-4-7)10(14)8-1-2-9(17-8)11(15)16/h1-2,7,13H,3-6H2,(H,15,16). The van der Waals surface area contributed by atoms with E-state index in [1.54, 1.807) is 11.0 Å². The van der Waals surface area contributed by atoms with Crippen LogP contribution in [0.15, 0.2) is 12.1 Å². The van der Waals surface area contributed by atoms with Gasteiger partial charge in [-0.1, -0.05) is 0 Å². The predicted octanol–water partition coefficient (Wildman–Crippen LogP) is 1.04. The number of piperidine rings is 1. The third-order valence-electron chi connectivity index (χ3n) is 2.78. The lowest BCUT2D eigenvalue weighted by Gasteiger charge is -2.29. The molecule has 0 bridgehead atoms. The van der Waals surface area contributed by atoms with E-state index in [4.69, 9.17) is 5.11 Å². The molecule has 1 amide bonds. The molecule has 2 rings (SSSR count). The normalized spacial score (nSPS) is 17.1.